The van der Waals surface area contributed by atoms with Crippen molar-refractivity contribution in [3.63, 3.8) is 0 Å². The number of urea groups is 1. The molecule has 1 atom stereocenters. The van der Waals surface area contributed by atoms with Crippen LogP contribution in [-0.2, 0) is 16.0 Å². The number of carbonyl (C=O) groups excluding carboxylic acids is 3. The van der Waals surface area contributed by atoms with Gasteiger partial charge in [-0.3, -0.25) is 19.8 Å². The minimum absolute atomic E-state index is 0.0448. The van der Waals surface area contributed by atoms with Crippen molar-refractivity contribution in [1.29, 1.82) is 0 Å². The zero-order valence-electron chi connectivity index (χ0n) is 16.9. The van der Waals surface area contributed by atoms with Crippen LogP contribution >= 0.6 is 0 Å². The van der Waals surface area contributed by atoms with Gasteiger partial charge in [-0.15, -0.1) is 0 Å². The van der Waals surface area contributed by atoms with Crippen LogP contribution in [0.4, 0.5) is 4.79 Å². The number of rotatable bonds is 7. The van der Waals surface area contributed by atoms with Crippen molar-refractivity contribution in [2.24, 2.45) is 5.73 Å². The van der Waals surface area contributed by atoms with E-state index in [1.807, 2.05) is 65.6 Å². The van der Waals surface area contributed by atoms with Gasteiger partial charge in [0.1, 0.15) is 6.04 Å². The first kappa shape index (κ1) is 21.5. The predicted molar refractivity (Wildman–Crippen MR) is 114 cm³/mol. The van der Waals surface area contributed by atoms with Crippen LogP contribution in [0.15, 0.2) is 60.7 Å². The van der Waals surface area contributed by atoms with Gasteiger partial charge < -0.3 is 11.1 Å². The van der Waals surface area contributed by atoms with E-state index in [4.69, 9.17) is 5.73 Å². The van der Waals surface area contributed by atoms with Crippen molar-refractivity contribution in [3.8, 4) is 0 Å². The number of aryl methyl sites for hydroxylation is 1. The fourth-order valence-corrected chi connectivity index (χ4v) is 3.86. The minimum Gasteiger partial charge on any atom is -0.353 e. The van der Waals surface area contributed by atoms with Crippen LogP contribution in [0.3, 0.4) is 0 Å². The average Bonchev–Trinajstić information content (AvgIpc) is 2.75. The zero-order valence-corrected chi connectivity index (χ0v) is 16.9. The summed E-state index contributed by atoms with van der Waals surface area (Å²) < 4.78 is 0. The molecule has 1 saturated heterocycles. The fraction of sp³-hybridized carbons (Fsp3) is 0.348. The molecule has 158 valence electrons. The Hall–Kier alpha value is -3.19. The molecule has 2 aromatic carbocycles. The van der Waals surface area contributed by atoms with E-state index in [1.165, 1.54) is 0 Å². The van der Waals surface area contributed by atoms with Crippen LogP contribution in [0.25, 0.3) is 0 Å². The summed E-state index contributed by atoms with van der Waals surface area (Å²) in [6.45, 7) is 1.27. The van der Waals surface area contributed by atoms with Gasteiger partial charge in [0.15, 0.2) is 0 Å². The Bertz CT molecular complexity index is 849. The van der Waals surface area contributed by atoms with E-state index >= 15 is 0 Å². The topological polar surface area (TPSA) is 105 Å². The fourth-order valence-electron chi connectivity index (χ4n) is 3.86. The molecule has 7 heteroatoms. The van der Waals surface area contributed by atoms with Gasteiger partial charge in [-0.05, 0) is 30.4 Å². The monoisotopic (exact) mass is 408 g/mol. The third-order valence-electron chi connectivity index (χ3n) is 5.35. The molecule has 0 bridgehead atoms. The molecule has 4 N–H and O–H groups in total. The number of nitrogens with two attached hydrogens (primary N) is 1. The van der Waals surface area contributed by atoms with Crippen molar-refractivity contribution in [2.45, 2.75) is 37.8 Å². The van der Waals surface area contributed by atoms with Gasteiger partial charge in [0.25, 0.3) is 0 Å². The third-order valence-corrected chi connectivity index (χ3v) is 5.35. The van der Waals surface area contributed by atoms with E-state index in [0.717, 1.165) is 30.4 Å². The third kappa shape index (κ3) is 6.15. The van der Waals surface area contributed by atoms with Gasteiger partial charge in [0.2, 0.25) is 11.8 Å². The Morgan fingerprint density at radius 3 is 2.17 bits per heavy atom. The lowest BCUT2D eigenvalue weighted by Crippen LogP contribution is -2.50. The van der Waals surface area contributed by atoms with E-state index in [0.29, 0.717) is 19.5 Å². The average molecular weight is 409 g/mol. The molecule has 1 aliphatic rings. The van der Waals surface area contributed by atoms with Crippen molar-refractivity contribution in [1.82, 2.24) is 15.5 Å². The normalized spacial score (nSPS) is 15.9. The number of hydrogen-bond donors (Lipinski definition) is 3. The molecule has 1 heterocycles. The van der Waals surface area contributed by atoms with Crippen LogP contribution in [0, 0.1) is 0 Å². The van der Waals surface area contributed by atoms with Crippen molar-refractivity contribution in [2.75, 3.05) is 13.1 Å². The molecule has 7 nitrogen and oxygen atoms in total. The van der Waals surface area contributed by atoms with Crippen molar-refractivity contribution in [3.05, 3.63) is 71.8 Å². The lowest BCUT2D eigenvalue weighted by molar-refractivity contribution is -0.127. The summed E-state index contributed by atoms with van der Waals surface area (Å²) in [5, 5.41) is 5.31. The van der Waals surface area contributed by atoms with Crippen molar-refractivity contribution < 1.29 is 14.4 Å². The molecule has 1 aliphatic heterocycles. The maximum absolute atomic E-state index is 12.6. The number of nitrogens with zero attached hydrogens (tertiary/aromatic N) is 1. The second-order valence-corrected chi connectivity index (χ2v) is 7.53. The van der Waals surface area contributed by atoms with Gasteiger partial charge in [-0.2, -0.15) is 0 Å². The molecule has 30 heavy (non-hydrogen) atoms. The van der Waals surface area contributed by atoms with Crippen LogP contribution in [0.5, 0.6) is 0 Å². The molecule has 0 saturated carbocycles. The van der Waals surface area contributed by atoms with Gasteiger partial charge in [0, 0.05) is 25.6 Å². The second kappa shape index (κ2) is 10.5. The highest BCUT2D eigenvalue weighted by atomic mass is 16.2. The number of nitrogens with one attached hydrogen (secondary N) is 2. The van der Waals surface area contributed by atoms with E-state index < -0.39 is 18.0 Å². The number of hydrogen-bond acceptors (Lipinski definition) is 4. The lowest BCUT2D eigenvalue weighted by atomic mass is 9.98. The molecule has 2 aromatic rings. The predicted octanol–water partition coefficient (Wildman–Crippen LogP) is 2.14. The molecule has 1 fully saturated rings. The molecule has 0 aromatic heterocycles. The van der Waals surface area contributed by atoms with E-state index in [-0.39, 0.29) is 11.9 Å². The SMILES string of the molecule is NC(=O)NC(=O)C(c1ccccc1)N1CCC(NC(=O)CCc2ccccc2)CC1. The number of amides is 4. The molecular weight excluding hydrogens is 380 g/mol. The summed E-state index contributed by atoms with van der Waals surface area (Å²) in [5.41, 5.74) is 7.10. The second-order valence-electron chi connectivity index (χ2n) is 7.53. The lowest BCUT2D eigenvalue weighted by Gasteiger charge is -2.37. The maximum Gasteiger partial charge on any atom is 0.318 e. The van der Waals surface area contributed by atoms with Crippen LogP contribution in [0.1, 0.15) is 36.4 Å². The van der Waals surface area contributed by atoms with Crippen LogP contribution in [-0.4, -0.2) is 41.9 Å². The zero-order chi connectivity index (χ0) is 21.3. The number of primary amides is 1. The quantitative estimate of drug-likeness (QED) is 0.653. The largest absolute Gasteiger partial charge is 0.353 e. The summed E-state index contributed by atoms with van der Waals surface area (Å²) in [5.74, 6) is -0.387. The Morgan fingerprint density at radius 2 is 1.57 bits per heavy atom. The van der Waals surface area contributed by atoms with E-state index in [2.05, 4.69) is 10.6 Å². The highest BCUT2D eigenvalue weighted by molar-refractivity contribution is 5.96. The smallest absolute Gasteiger partial charge is 0.318 e. The number of piperidine rings is 1. The van der Waals surface area contributed by atoms with Gasteiger partial charge >= 0.3 is 6.03 Å². The van der Waals surface area contributed by atoms with Gasteiger partial charge in [0.05, 0.1) is 0 Å². The molecule has 0 aliphatic carbocycles. The standard InChI is InChI=1S/C23H28N4O3/c24-23(30)26-22(29)21(18-9-5-2-6-10-18)27-15-13-19(14-16-27)25-20(28)12-11-17-7-3-1-4-8-17/h1-10,19,21H,11-16H2,(H,25,28)(H3,24,26,29,30). The number of imide groups is 1. The highest BCUT2D eigenvalue weighted by Crippen LogP contribution is 2.25. The van der Waals surface area contributed by atoms with E-state index in [1.54, 1.807) is 0 Å². The first-order valence-electron chi connectivity index (χ1n) is 10.3. The summed E-state index contributed by atoms with van der Waals surface area (Å²) >= 11 is 0. The molecule has 1 unspecified atom stereocenters. The van der Waals surface area contributed by atoms with Crippen LogP contribution < -0.4 is 16.4 Å². The molecule has 0 spiro atoms. The van der Waals surface area contributed by atoms with Crippen LogP contribution in [0.2, 0.25) is 0 Å². The molecule has 3 rings (SSSR count). The summed E-state index contributed by atoms with van der Waals surface area (Å²) in [6, 6.07) is 17.9. The van der Waals surface area contributed by atoms with E-state index in [9.17, 15) is 14.4 Å². The Morgan fingerprint density at radius 1 is 0.967 bits per heavy atom. The first-order valence-corrected chi connectivity index (χ1v) is 10.3. The Kier molecular flexibility index (Phi) is 7.57. The number of benzene rings is 2. The summed E-state index contributed by atoms with van der Waals surface area (Å²) in [7, 11) is 0. The number of likely N-dealkylation sites (tertiary alicyclic amines) is 1. The number of carbonyl (C=O) groups is 3. The molecular formula is C23H28N4O3. The maximum atomic E-state index is 12.6. The Labute approximate surface area is 176 Å². The summed E-state index contributed by atoms with van der Waals surface area (Å²) in [6.07, 6.45) is 2.65. The first-order chi connectivity index (χ1) is 14.5. The molecule has 0 radical (unpaired) electrons. The minimum atomic E-state index is -0.860. The Balaban J connectivity index is 1.53. The van der Waals surface area contributed by atoms with Crippen molar-refractivity contribution >= 4 is 17.8 Å². The van der Waals surface area contributed by atoms with Gasteiger partial charge in [-0.1, -0.05) is 60.7 Å². The summed E-state index contributed by atoms with van der Waals surface area (Å²) in [4.78, 5) is 38.1. The molecule has 4 amide bonds. The van der Waals surface area contributed by atoms with Gasteiger partial charge in [-0.25, -0.2) is 4.79 Å². The highest BCUT2D eigenvalue weighted by Gasteiger charge is 2.32.